The Balaban J connectivity index is 1.72. The Hall–Kier alpha value is -2.09. The van der Waals surface area contributed by atoms with E-state index in [1.807, 2.05) is 46.9 Å². The molecular weight excluding hydrogens is 419 g/mol. The molecular formula is C18H17IN2O3. The number of carbonyl (C=O) groups is 2. The molecule has 2 N–H and O–H groups in total. The van der Waals surface area contributed by atoms with Crippen LogP contribution in [0.15, 0.2) is 48.5 Å². The molecule has 2 aromatic rings. The largest absolute Gasteiger partial charge is 0.449 e. The Labute approximate surface area is 153 Å². The zero-order valence-electron chi connectivity index (χ0n) is 13.1. The molecule has 0 saturated carbocycles. The van der Waals surface area contributed by atoms with Gasteiger partial charge in [0.2, 0.25) is 0 Å². The summed E-state index contributed by atoms with van der Waals surface area (Å²) in [4.78, 5) is 23.4. The maximum Gasteiger partial charge on any atom is 0.408 e. The second-order valence-electron chi connectivity index (χ2n) is 5.45. The molecule has 1 aliphatic rings. The highest BCUT2D eigenvalue weighted by Crippen LogP contribution is 2.44. The van der Waals surface area contributed by atoms with Gasteiger partial charge in [0.25, 0.3) is 5.91 Å². The van der Waals surface area contributed by atoms with Crippen molar-refractivity contribution in [2.45, 2.75) is 9.97 Å². The number of halogens is 1. The number of alkyl carbamates (subject to hydrolysis) is 1. The second-order valence-corrected chi connectivity index (χ2v) is 6.69. The number of ether oxygens (including phenoxy) is 1. The van der Waals surface area contributed by atoms with Gasteiger partial charge in [-0.15, -0.1) is 0 Å². The molecule has 3 rings (SSSR count). The lowest BCUT2D eigenvalue weighted by Crippen LogP contribution is -2.42. The van der Waals surface area contributed by atoms with E-state index in [0.717, 1.165) is 11.1 Å². The molecule has 5 nitrogen and oxygen atoms in total. The summed E-state index contributed by atoms with van der Waals surface area (Å²) in [5.74, 6) is -0.264. The lowest BCUT2D eigenvalue weighted by Gasteiger charge is -2.16. The van der Waals surface area contributed by atoms with Crippen LogP contribution in [0.25, 0.3) is 11.1 Å². The lowest BCUT2D eigenvalue weighted by atomic mass is 9.98. The van der Waals surface area contributed by atoms with E-state index in [4.69, 9.17) is 4.74 Å². The fraction of sp³-hybridized carbons (Fsp3) is 0.222. The smallest absolute Gasteiger partial charge is 0.408 e. The highest BCUT2D eigenvalue weighted by molar-refractivity contribution is 14.1. The summed E-state index contributed by atoms with van der Waals surface area (Å²) < 4.78 is 4.71. The summed E-state index contributed by atoms with van der Waals surface area (Å²) in [5, 5.41) is 4.99. The molecule has 0 unspecified atom stereocenters. The van der Waals surface area contributed by atoms with E-state index in [2.05, 4.69) is 34.9 Å². The number of fused-ring (bicyclic) bond motifs is 3. The van der Waals surface area contributed by atoms with Crippen molar-refractivity contribution in [3.8, 4) is 11.1 Å². The minimum absolute atomic E-state index is 0.0100. The van der Waals surface area contributed by atoms with Crippen LogP contribution in [0, 0.1) is 0 Å². The van der Waals surface area contributed by atoms with Gasteiger partial charge in [-0.25, -0.2) is 4.79 Å². The summed E-state index contributed by atoms with van der Waals surface area (Å²) in [5.41, 5.74) is 4.67. The third-order valence-electron chi connectivity index (χ3n) is 4.06. The monoisotopic (exact) mass is 436 g/mol. The van der Waals surface area contributed by atoms with Gasteiger partial charge in [0, 0.05) is 13.0 Å². The number of rotatable bonds is 4. The quantitative estimate of drug-likeness (QED) is 0.440. The SMILES string of the molecule is CNC(=O)[C@H](I)NC(=O)OCC1c2ccccc2-c2ccccc21. The van der Waals surface area contributed by atoms with Gasteiger partial charge in [-0.05, 0) is 44.8 Å². The normalized spacial score (nSPS) is 13.6. The highest BCUT2D eigenvalue weighted by atomic mass is 127. The van der Waals surface area contributed by atoms with Crippen LogP contribution in [-0.4, -0.2) is 29.7 Å². The molecule has 0 bridgehead atoms. The van der Waals surface area contributed by atoms with Crippen molar-refractivity contribution >= 4 is 34.6 Å². The number of hydrogen-bond acceptors (Lipinski definition) is 3. The Bertz CT molecular complexity index is 733. The van der Waals surface area contributed by atoms with Gasteiger partial charge in [0.15, 0.2) is 4.05 Å². The summed E-state index contributed by atoms with van der Waals surface area (Å²) in [6.07, 6.45) is -0.597. The molecule has 124 valence electrons. The first-order valence-electron chi connectivity index (χ1n) is 7.59. The van der Waals surface area contributed by atoms with Crippen LogP contribution in [-0.2, 0) is 9.53 Å². The van der Waals surface area contributed by atoms with Crippen molar-refractivity contribution in [2.24, 2.45) is 0 Å². The number of hydrogen-bond donors (Lipinski definition) is 2. The van der Waals surface area contributed by atoms with E-state index in [-0.39, 0.29) is 18.4 Å². The second kappa shape index (κ2) is 7.21. The van der Waals surface area contributed by atoms with Gasteiger partial charge in [-0.3, -0.25) is 4.79 Å². The zero-order valence-corrected chi connectivity index (χ0v) is 15.2. The third kappa shape index (κ3) is 3.24. The van der Waals surface area contributed by atoms with E-state index in [0.29, 0.717) is 0 Å². The molecule has 0 heterocycles. The molecule has 0 aromatic heterocycles. The third-order valence-corrected chi connectivity index (χ3v) is 4.94. The summed E-state index contributed by atoms with van der Waals surface area (Å²) in [7, 11) is 1.52. The molecule has 2 aromatic carbocycles. The number of likely N-dealkylation sites (N-methyl/N-ethyl adjacent to an activating group) is 1. The molecule has 24 heavy (non-hydrogen) atoms. The highest BCUT2D eigenvalue weighted by Gasteiger charge is 2.29. The standard InChI is InChI=1S/C18H17IN2O3/c1-20-17(22)16(19)21-18(23)24-10-15-13-8-4-2-6-11(13)12-7-3-5-9-14(12)15/h2-9,15-16H,10H2,1H3,(H,20,22)(H,21,23)/t16-/m1/s1. The van der Waals surface area contributed by atoms with Crippen molar-refractivity contribution < 1.29 is 14.3 Å². The maximum atomic E-state index is 11.9. The lowest BCUT2D eigenvalue weighted by molar-refractivity contribution is -0.120. The molecule has 1 atom stereocenters. The number of alkyl halides is 1. The predicted octanol–water partition coefficient (Wildman–Crippen LogP) is 3.03. The Morgan fingerprint density at radius 3 is 2.17 bits per heavy atom. The van der Waals surface area contributed by atoms with Crippen LogP contribution in [0.4, 0.5) is 4.79 Å². The van der Waals surface area contributed by atoms with Crippen LogP contribution in [0.3, 0.4) is 0 Å². The first-order valence-corrected chi connectivity index (χ1v) is 8.83. The Kier molecular flexibility index (Phi) is 5.03. The van der Waals surface area contributed by atoms with Crippen LogP contribution in [0.1, 0.15) is 17.0 Å². The fourth-order valence-electron chi connectivity index (χ4n) is 2.94. The van der Waals surface area contributed by atoms with Gasteiger partial charge in [-0.1, -0.05) is 48.5 Å². The van der Waals surface area contributed by atoms with Crippen LogP contribution in [0.2, 0.25) is 0 Å². The first-order chi connectivity index (χ1) is 11.6. The molecule has 2 amide bonds. The minimum Gasteiger partial charge on any atom is -0.449 e. The van der Waals surface area contributed by atoms with Gasteiger partial charge < -0.3 is 15.4 Å². The average molecular weight is 436 g/mol. The maximum absolute atomic E-state index is 11.9. The molecule has 0 aliphatic heterocycles. The van der Waals surface area contributed by atoms with Gasteiger partial charge in [0.1, 0.15) is 6.61 Å². The number of benzene rings is 2. The summed E-state index contributed by atoms with van der Waals surface area (Å²) in [6.45, 7) is 0.233. The van der Waals surface area contributed by atoms with Gasteiger partial charge in [0.05, 0.1) is 0 Å². The van der Waals surface area contributed by atoms with Crippen molar-refractivity contribution in [1.82, 2.24) is 10.6 Å². The van der Waals surface area contributed by atoms with E-state index < -0.39 is 10.1 Å². The van der Waals surface area contributed by atoms with Gasteiger partial charge >= 0.3 is 6.09 Å². The average Bonchev–Trinajstić information content (AvgIpc) is 2.93. The number of carbonyl (C=O) groups excluding carboxylic acids is 2. The fourth-order valence-corrected chi connectivity index (χ4v) is 3.50. The van der Waals surface area contributed by atoms with E-state index in [9.17, 15) is 9.59 Å². The number of amides is 2. The van der Waals surface area contributed by atoms with E-state index in [1.165, 1.54) is 18.2 Å². The molecule has 0 spiro atoms. The van der Waals surface area contributed by atoms with Crippen molar-refractivity contribution in [3.05, 3.63) is 59.7 Å². The molecule has 0 saturated heterocycles. The van der Waals surface area contributed by atoms with Crippen LogP contribution in [0.5, 0.6) is 0 Å². The molecule has 0 radical (unpaired) electrons. The van der Waals surface area contributed by atoms with Crippen LogP contribution < -0.4 is 10.6 Å². The Morgan fingerprint density at radius 1 is 1.08 bits per heavy atom. The van der Waals surface area contributed by atoms with Gasteiger partial charge in [-0.2, -0.15) is 0 Å². The van der Waals surface area contributed by atoms with E-state index >= 15 is 0 Å². The first kappa shape index (κ1) is 16.8. The van der Waals surface area contributed by atoms with Crippen LogP contribution >= 0.6 is 22.6 Å². The van der Waals surface area contributed by atoms with Crippen molar-refractivity contribution in [1.29, 1.82) is 0 Å². The minimum atomic E-state index is -0.664. The summed E-state index contributed by atoms with van der Waals surface area (Å²) in [6, 6.07) is 16.3. The molecule has 1 aliphatic carbocycles. The zero-order chi connectivity index (χ0) is 17.1. The van der Waals surface area contributed by atoms with Crippen molar-refractivity contribution in [2.75, 3.05) is 13.7 Å². The predicted molar refractivity (Wildman–Crippen MR) is 100 cm³/mol. The molecule has 0 fully saturated rings. The van der Waals surface area contributed by atoms with E-state index in [1.54, 1.807) is 0 Å². The van der Waals surface area contributed by atoms with Crippen molar-refractivity contribution in [3.63, 3.8) is 0 Å². The summed E-state index contributed by atoms with van der Waals surface area (Å²) >= 11 is 1.85. The Morgan fingerprint density at radius 2 is 1.62 bits per heavy atom. The topological polar surface area (TPSA) is 67.4 Å². The molecule has 6 heteroatoms. The number of nitrogens with one attached hydrogen (secondary N) is 2.